The van der Waals surface area contributed by atoms with Crippen molar-refractivity contribution in [3.63, 3.8) is 0 Å². The Balaban J connectivity index is 2.05. The highest BCUT2D eigenvalue weighted by molar-refractivity contribution is 5.77. The van der Waals surface area contributed by atoms with E-state index in [1.807, 2.05) is 31.2 Å². The van der Waals surface area contributed by atoms with E-state index < -0.39 is 0 Å². The Hall–Kier alpha value is -1.88. The fourth-order valence-electron chi connectivity index (χ4n) is 2.19. The van der Waals surface area contributed by atoms with Crippen LogP contribution in [0.1, 0.15) is 6.92 Å². The van der Waals surface area contributed by atoms with E-state index in [-0.39, 0.29) is 0 Å². The van der Waals surface area contributed by atoms with Crippen molar-refractivity contribution in [2.75, 3.05) is 37.8 Å². The van der Waals surface area contributed by atoms with E-state index in [9.17, 15) is 0 Å². The summed E-state index contributed by atoms with van der Waals surface area (Å²) in [6, 6.07) is 7.86. The molecule has 100 valence electrons. The number of anilines is 1. The van der Waals surface area contributed by atoms with Crippen LogP contribution in [0.25, 0.3) is 11.0 Å². The normalized spacial score (nSPS) is 15.7. The molecule has 1 aliphatic heterocycles. The minimum atomic E-state index is 0.588. The third kappa shape index (κ3) is 2.46. The predicted octanol–water partition coefficient (Wildman–Crippen LogP) is 1.87. The smallest absolute Gasteiger partial charge is 0.258 e. The summed E-state index contributed by atoms with van der Waals surface area (Å²) < 4.78 is 11.0. The van der Waals surface area contributed by atoms with Gasteiger partial charge in [0.1, 0.15) is 0 Å². The molecule has 0 atom stereocenters. The average Bonchev–Trinajstić information content (AvgIpc) is 2.48. The van der Waals surface area contributed by atoms with Crippen LogP contribution in [0, 0.1) is 0 Å². The molecule has 1 fully saturated rings. The van der Waals surface area contributed by atoms with Crippen molar-refractivity contribution in [3.8, 4) is 5.88 Å². The van der Waals surface area contributed by atoms with E-state index in [4.69, 9.17) is 14.5 Å². The fraction of sp³-hybridized carbons (Fsp3) is 0.429. The third-order valence-electron chi connectivity index (χ3n) is 3.11. The van der Waals surface area contributed by atoms with Gasteiger partial charge < -0.3 is 14.4 Å². The summed E-state index contributed by atoms with van der Waals surface area (Å²) >= 11 is 0. The van der Waals surface area contributed by atoms with E-state index in [0.29, 0.717) is 12.5 Å². The second kappa shape index (κ2) is 5.40. The molecule has 0 unspecified atom stereocenters. The Labute approximate surface area is 112 Å². The van der Waals surface area contributed by atoms with Crippen LogP contribution in [-0.2, 0) is 4.74 Å². The zero-order valence-corrected chi connectivity index (χ0v) is 11.0. The van der Waals surface area contributed by atoms with Crippen molar-refractivity contribution in [2.24, 2.45) is 0 Å². The number of fused-ring (bicyclic) bond motifs is 1. The van der Waals surface area contributed by atoms with Gasteiger partial charge in [0.15, 0.2) is 5.82 Å². The summed E-state index contributed by atoms with van der Waals surface area (Å²) in [4.78, 5) is 11.4. The zero-order chi connectivity index (χ0) is 13.1. The molecule has 5 heteroatoms. The molecule has 3 rings (SSSR count). The lowest BCUT2D eigenvalue weighted by Crippen LogP contribution is -2.37. The van der Waals surface area contributed by atoms with Crippen LogP contribution in [0.3, 0.4) is 0 Å². The van der Waals surface area contributed by atoms with Gasteiger partial charge in [-0.25, -0.2) is 9.97 Å². The van der Waals surface area contributed by atoms with Gasteiger partial charge in [-0.2, -0.15) is 0 Å². The fourth-order valence-corrected chi connectivity index (χ4v) is 2.19. The monoisotopic (exact) mass is 259 g/mol. The Morgan fingerprint density at radius 3 is 2.53 bits per heavy atom. The summed E-state index contributed by atoms with van der Waals surface area (Å²) in [5.41, 5.74) is 1.76. The van der Waals surface area contributed by atoms with Gasteiger partial charge in [0.05, 0.1) is 30.9 Å². The largest absolute Gasteiger partial charge is 0.475 e. The van der Waals surface area contributed by atoms with Gasteiger partial charge in [-0.05, 0) is 19.1 Å². The van der Waals surface area contributed by atoms with Crippen molar-refractivity contribution >= 4 is 16.9 Å². The number of aromatic nitrogens is 2. The molecule has 0 bridgehead atoms. The molecule has 1 aromatic carbocycles. The summed E-state index contributed by atoms with van der Waals surface area (Å²) in [6.45, 7) is 5.64. The topological polar surface area (TPSA) is 47.5 Å². The second-order valence-corrected chi connectivity index (χ2v) is 4.37. The molecule has 1 aliphatic rings. The van der Waals surface area contributed by atoms with Crippen LogP contribution < -0.4 is 9.64 Å². The number of ether oxygens (including phenoxy) is 2. The van der Waals surface area contributed by atoms with Crippen LogP contribution in [-0.4, -0.2) is 42.9 Å². The van der Waals surface area contributed by atoms with Crippen molar-refractivity contribution in [1.29, 1.82) is 0 Å². The first-order valence-electron chi connectivity index (χ1n) is 6.61. The van der Waals surface area contributed by atoms with E-state index in [1.54, 1.807) is 0 Å². The molecule has 0 spiro atoms. The van der Waals surface area contributed by atoms with Gasteiger partial charge in [-0.1, -0.05) is 12.1 Å². The zero-order valence-electron chi connectivity index (χ0n) is 11.0. The maximum atomic E-state index is 5.64. The molecular formula is C14H17N3O2. The number of benzene rings is 1. The van der Waals surface area contributed by atoms with Gasteiger partial charge in [-0.15, -0.1) is 0 Å². The van der Waals surface area contributed by atoms with Crippen molar-refractivity contribution in [3.05, 3.63) is 24.3 Å². The molecule has 0 amide bonds. The lowest BCUT2D eigenvalue weighted by molar-refractivity contribution is 0.122. The van der Waals surface area contributed by atoms with E-state index in [2.05, 4.69) is 9.88 Å². The second-order valence-electron chi connectivity index (χ2n) is 4.37. The first kappa shape index (κ1) is 12.2. The highest BCUT2D eigenvalue weighted by Crippen LogP contribution is 2.27. The molecule has 1 aromatic heterocycles. The lowest BCUT2D eigenvalue weighted by atomic mass is 10.3. The third-order valence-corrected chi connectivity index (χ3v) is 3.11. The molecule has 0 N–H and O–H groups in total. The van der Waals surface area contributed by atoms with Gasteiger partial charge in [0.25, 0.3) is 5.88 Å². The number of rotatable bonds is 3. The lowest BCUT2D eigenvalue weighted by Gasteiger charge is -2.28. The highest BCUT2D eigenvalue weighted by Gasteiger charge is 2.19. The SMILES string of the molecule is CCOc1nc2ccccc2nc1N1CCOCC1. The Morgan fingerprint density at radius 2 is 1.84 bits per heavy atom. The molecule has 0 saturated carbocycles. The van der Waals surface area contributed by atoms with Gasteiger partial charge in [0, 0.05) is 13.1 Å². The Bertz CT molecular complexity index is 568. The molecule has 2 heterocycles. The summed E-state index contributed by atoms with van der Waals surface area (Å²) in [5, 5.41) is 0. The predicted molar refractivity (Wildman–Crippen MR) is 73.7 cm³/mol. The number of hydrogen-bond donors (Lipinski definition) is 0. The maximum absolute atomic E-state index is 5.64. The molecule has 5 nitrogen and oxygen atoms in total. The number of para-hydroxylation sites is 2. The minimum absolute atomic E-state index is 0.588. The van der Waals surface area contributed by atoms with Gasteiger partial charge in [-0.3, -0.25) is 0 Å². The molecule has 0 aliphatic carbocycles. The average molecular weight is 259 g/mol. The summed E-state index contributed by atoms with van der Waals surface area (Å²) in [5.74, 6) is 1.44. The molecule has 2 aromatic rings. The standard InChI is InChI=1S/C14H17N3O2/c1-2-19-14-13(17-7-9-18-10-8-17)15-11-5-3-4-6-12(11)16-14/h3-6H,2,7-10H2,1H3. The quantitative estimate of drug-likeness (QED) is 0.842. The van der Waals surface area contributed by atoms with Crippen LogP contribution in [0.5, 0.6) is 5.88 Å². The van der Waals surface area contributed by atoms with Crippen LogP contribution in [0.2, 0.25) is 0 Å². The Morgan fingerprint density at radius 1 is 1.16 bits per heavy atom. The molecule has 1 saturated heterocycles. The summed E-state index contributed by atoms with van der Waals surface area (Å²) in [7, 11) is 0. The van der Waals surface area contributed by atoms with Crippen LogP contribution in [0.4, 0.5) is 5.82 Å². The number of nitrogens with zero attached hydrogens (tertiary/aromatic N) is 3. The van der Waals surface area contributed by atoms with Gasteiger partial charge in [0.2, 0.25) is 0 Å². The maximum Gasteiger partial charge on any atom is 0.258 e. The molecule has 19 heavy (non-hydrogen) atoms. The summed E-state index contributed by atoms with van der Waals surface area (Å²) in [6.07, 6.45) is 0. The van der Waals surface area contributed by atoms with Crippen LogP contribution in [0.15, 0.2) is 24.3 Å². The van der Waals surface area contributed by atoms with Crippen molar-refractivity contribution in [1.82, 2.24) is 9.97 Å². The Kier molecular flexibility index (Phi) is 3.46. The minimum Gasteiger partial charge on any atom is -0.475 e. The number of hydrogen-bond acceptors (Lipinski definition) is 5. The molecular weight excluding hydrogens is 242 g/mol. The van der Waals surface area contributed by atoms with E-state index in [1.165, 1.54) is 0 Å². The number of morpholine rings is 1. The van der Waals surface area contributed by atoms with Crippen LogP contribution >= 0.6 is 0 Å². The van der Waals surface area contributed by atoms with E-state index in [0.717, 1.165) is 43.2 Å². The van der Waals surface area contributed by atoms with Crippen molar-refractivity contribution < 1.29 is 9.47 Å². The van der Waals surface area contributed by atoms with Gasteiger partial charge >= 0.3 is 0 Å². The first-order valence-corrected chi connectivity index (χ1v) is 6.61. The van der Waals surface area contributed by atoms with Crippen molar-refractivity contribution in [2.45, 2.75) is 6.92 Å². The van der Waals surface area contributed by atoms with E-state index >= 15 is 0 Å². The highest BCUT2D eigenvalue weighted by atomic mass is 16.5. The molecule has 0 radical (unpaired) electrons. The first-order chi connectivity index (χ1) is 9.38.